The zero-order chi connectivity index (χ0) is 26.6. The van der Waals surface area contributed by atoms with Crippen LogP contribution in [0.3, 0.4) is 0 Å². The van der Waals surface area contributed by atoms with E-state index in [0.29, 0.717) is 0 Å². The first kappa shape index (κ1) is 23.9. The third kappa shape index (κ3) is 3.67. The van der Waals surface area contributed by atoms with Gasteiger partial charge in [0.2, 0.25) is 0 Å². The molecule has 2 aromatic carbocycles. The molecule has 0 unspecified atom stereocenters. The van der Waals surface area contributed by atoms with E-state index < -0.39 is 5.41 Å². The molecule has 0 amide bonds. The minimum atomic E-state index is -0.571. The lowest BCUT2D eigenvalue weighted by atomic mass is 9.57. The summed E-state index contributed by atoms with van der Waals surface area (Å²) in [6.07, 6.45) is 5.12. The van der Waals surface area contributed by atoms with Gasteiger partial charge in [-0.1, -0.05) is 32.1 Å². The van der Waals surface area contributed by atoms with E-state index in [-0.39, 0.29) is 29.0 Å². The van der Waals surface area contributed by atoms with E-state index in [1.165, 1.54) is 12.1 Å². The van der Waals surface area contributed by atoms with Gasteiger partial charge in [-0.05, 0) is 73.7 Å². The summed E-state index contributed by atoms with van der Waals surface area (Å²) in [6, 6.07) is 18.5. The van der Waals surface area contributed by atoms with Crippen molar-refractivity contribution >= 4 is 5.78 Å². The standard InChI is InChI=1S/C31H26FN5O/c1-18-14-27(35-34-17-18)20-6-10-24(11-7-20)37-30-25(28(36-37)21-4-8-23(32)9-5-21)12-13-26-19(2)29(38)22(16-33)15-31(26,30)3/h4-11,14-15,17,19,26H,12-13H2,1-3H3/t19-,26-,31-/m1/s1. The molecule has 2 heterocycles. The first-order valence-electron chi connectivity index (χ1n) is 12.8. The fourth-order valence-electron chi connectivity index (χ4n) is 6.25. The lowest BCUT2D eigenvalue weighted by molar-refractivity contribution is -0.121. The van der Waals surface area contributed by atoms with Crippen molar-refractivity contribution in [2.45, 2.75) is 39.0 Å². The second kappa shape index (κ2) is 8.84. The van der Waals surface area contributed by atoms with Crippen molar-refractivity contribution in [2.75, 3.05) is 0 Å². The Balaban J connectivity index is 1.56. The minimum Gasteiger partial charge on any atom is -0.293 e. The molecule has 4 aromatic rings. The fourth-order valence-corrected chi connectivity index (χ4v) is 6.25. The van der Waals surface area contributed by atoms with Crippen molar-refractivity contribution in [3.8, 4) is 34.3 Å². The van der Waals surface area contributed by atoms with E-state index in [9.17, 15) is 14.4 Å². The van der Waals surface area contributed by atoms with Crippen molar-refractivity contribution in [1.29, 1.82) is 5.26 Å². The number of halogens is 1. The van der Waals surface area contributed by atoms with Gasteiger partial charge in [0, 0.05) is 28.0 Å². The lowest BCUT2D eigenvalue weighted by Crippen LogP contribution is -2.46. The molecule has 0 radical (unpaired) electrons. The molecular weight excluding hydrogens is 477 g/mol. The van der Waals surface area contributed by atoms with E-state index in [4.69, 9.17) is 5.10 Å². The molecule has 6 rings (SSSR count). The van der Waals surface area contributed by atoms with Crippen LogP contribution < -0.4 is 0 Å². The van der Waals surface area contributed by atoms with Crippen LogP contribution in [0.5, 0.6) is 0 Å². The highest BCUT2D eigenvalue weighted by Crippen LogP contribution is 2.52. The molecule has 0 bridgehead atoms. The summed E-state index contributed by atoms with van der Waals surface area (Å²) in [4.78, 5) is 12.9. The van der Waals surface area contributed by atoms with Crippen molar-refractivity contribution in [3.05, 3.63) is 95.1 Å². The number of hydrogen-bond acceptors (Lipinski definition) is 5. The summed E-state index contributed by atoms with van der Waals surface area (Å²) < 4.78 is 15.7. The van der Waals surface area contributed by atoms with Crippen LogP contribution in [0.15, 0.2) is 72.4 Å². The van der Waals surface area contributed by atoms with Crippen molar-refractivity contribution in [3.63, 3.8) is 0 Å². The summed E-state index contributed by atoms with van der Waals surface area (Å²) in [7, 11) is 0. The van der Waals surface area contributed by atoms with Gasteiger partial charge in [-0.2, -0.15) is 20.6 Å². The SMILES string of the molecule is Cc1cnnc(-c2ccc(-n3nc(-c4ccc(F)cc4)c4c3[C@]3(C)C=C(C#N)C(=O)[C@H](C)[C@H]3CC4)cc2)c1. The number of ketones is 1. The number of aromatic nitrogens is 4. The van der Waals surface area contributed by atoms with Crippen LogP contribution in [0.1, 0.15) is 37.1 Å². The third-order valence-corrected chi connectivity index (χ3v) is 8.13. The average molecular weight is 504 g/mol. The normalized spacial score (nSPS) is 22.3. The lowest BCUT2D eigenvalue weighted by Gasteiger charge is -2.45. The molecule has 6 nitrogen and oxygen atoms in total. The predicted octanol–water partition coefficient (Wildman–Crippen LogP) is 5.93. The number of nitriles is 1. The van der Waals surface area contributed by atoms with Gasteiger partial charge in [0.05, 0.1) is 34.5 Å². The number of hydrogen-bond donors (Lipinski definition) is 0. The summed E-state index contributed by atoms with van der Waals surface area (Å²) in [5.74, 6) is -0.623. The summed E-state index contributed by atoms with van der Waals surface area (Å²) >= 11 is 0. The minimum absolute atomic E-state index is 0.0398. The third-order valence-electron chi connectivity index (χ3n) is 8.13. The molecule has 2 aromatic heterocycles. The van der Waals surface area contributed by atoms with Crippen LogP contribution in [0, 0.1) is 35.9 Å². The van der Waals surface area contributed by atoms with Crippen molar-refractivity contribution in [2.24, 2.45) is 11.8 Å². The molecule has 0 aliphatic heterocycles. The van der Waals surface area contributed by atoms with Crippen LogP contribution in [-0.2, 0) is 16.6 Å². The first-order chi connectivity index (χ1) is 18.3. The Morgan fingerprint density at radius 1 is 1.11 bits per heavy atom. The van der Waals surface area contributed by atoms with E-state index in [1.54, 1.807) is 18.3 Å². The number of rotatable bonds is 3. The Morgan fingerprint density at radius 2 is 1.82 bits per heavy atom. The van der Waals surface area contributed by atoms with Gasteiger partial charge in [0.15, 0.2) is 5.78 Å². The van der Waals surface area contributed by atoms with E-state index in [1.807, 2.05) is 54.9 Å². The van der Waals surface area contributed by atoms with Gasteiger partial charge < -0.3 is 0 Å². The second-order valence-corrected chi connectivity index (χ2v) is 10.5. The van der Waals surface area contributed by atoms with Crippen LogP contribution in [0.2, 0.25) is 0 Å². The maximum atomic E-state index is 13.8. The Morgan fingerprint density at radius 3 is 2.50 bits per heavy atom. The maximum absolute atomic E-state index is 13.8. The summed E-state index contributed by atoms with van der Waals surface area (Å²) in [5, 5.41) is 23.2. The molecule has 38 heavy (non-hydrogen) atoms. The van der Waals surface area contributed by atoms with Crippen LogP contribution in [0.25, 0.3) is 28.2 Å². The Hall–Kier alpha value is -4.44. The fraction of sp³-hybridized carbons (Fsp3) is 0.258. The zero-order valence-corrected chi connectivity index (χ0v) is 21.4. The molecule has 0 N–H and O–H groups in total. The number of carbonyl (C=O) groups excluding carboxylic acids is 1. The van der Waals surface area contributed by atoms with Crippen molar-refractivity contribution < 1.29 is 9.18 Å². The average Bonchev–Trinajstić information content (AvgIpc) is 3.32. The van der Waals surface area contributed by atoms with Gasteiger partial charge in [0.1, 0.15) is 11.9 Å². The van der Waals surface area contributed by atoms with Crippen LogP contribution in [-0.4, -0.2) is 25.8 Å². The number of nitrogens with zero attached hydrogens (tertiary/aromatic N) is 5. The Kier molecular flexibility index (Phi) is 5.57. The topological polar surface area (TPSA) is 84.5 Å². The molecule has 188 valence electrons. The smallest absolute Gasteiger partial charge is 0.176 e. The zero-order valence-electron chi connectivity index (χ0n) is 21.4. The molecular formula is C31H26FN5O. The molecule has 3 atom stereocenters. The van der Waals surface area contributed by atoms with Gasteiger partial charge in [-0.15, -0.1) is 0 Å². The molecule has 7 heteroatoms. The highest BCUT2D eigenvalue weighted by Gasteiger charge is 2.50. The highest BCUT2D eigenvalue weighted by atomic mass is 19.1. The summed E-state index contributed by atoms with van der Waals surface area (Å²) in [6.45, 7) is 6.02. The number of aryl methyl sites for hydroxylation is 1. The quantitative estimate of drug-likeness (QED) is 0.346. The Bertz CT molecular complexity index is 1650. The van der Waals surface area contributed by atoms with Crippen LogP contribution >= 0.6 is 0 Å². The van der Waals surface area contributed by atoms with Gasteiger partial charge in [0.25, 0.3) is 0 Å². The number of fused-ring (bicyclic) bond motifs is 3. The number of benzene rings is 2. The Labute approximate surface area is 220 Å². The van der Waals surface area contributed by atoms with Crippen LogP contribution in [0.4, 0.5) is 4.39 Å². The molecule has 0 fully saturated rings. The number of Topliss-reactive ketones (excluding diaryl/α,β-unsaturated/α-hetero) is 1. The van der Waals surface area contributed by atoms with Gasteiger partial charge in [-0.3, -0.25) is 4.79 Å². The first-order valence-corrected chi connectivity index (χ1v) is 12.8. The van der Waals surface area contributed by atoms with E-state index in [0.717, 1.165) is 57.9 Å². The highest BCUT2D eigenvalue weighted by molar-refractivity contribution is 6.02. The molecule has 0 spiro atoms. The van der Waals surface area contributed by atoms with Gasteiger partial charge >= 0.3 is 0 Å². The second-order valence-electron chi connectivity index (χ2n) is 10.5. The van der Waals surface area contributed by atoms with E-state index in [2.05, 4.69) is 23.2 Å². The molecule has 2 aliphatic rings. The number of allylic oxidation sites excluding steroid dienone is 2. The largest absolute Gasteiger partial charge is 0.293 e. The number of carbonyl (C=O) groups is 1. The molecule has 0 saturated heterocycles. The molecule has 2 aliphatic carbocycles. The monoisotopic (exact) mass is 503 g/mol. The van der Waals surface area contributed by atoms with Crippen molar-refractivity contribution in [1.82, 2.24) is 20.0 Å². The maximum Gasteiger partial charge on any atom is 0.176 e. The van der Waals surface area contributed by atoms with Gasteiger partial charge in [-0.25, -0.2) is 9.07 Å². The predicted molar refractivity (Wildman–Crippen MR) is 142 cm³/mol. The molecule has 0 saturated carbocycles. The summed E-state index contributed by atoms with van der Waals surface area (Å²) in [5.41, 5.74) is 6.93. The van der Waals surface area contributed by atoms with E-state index >= 15 is 0 Å².